The van der Waals surface area contributed by atoms with Gasteiger partial charge < -0.3 is 14.4 Å². The van der Waals surface area contributed by atoms with Gasteiger partial charge >= 0.3 is 0 Å². The number of para-hydroxylation sites is 1. The maximum Gasteiger partial charge on any atom is 0.281 e. The summed E-state index contributed by atoms with van der Waals surface area (Å²) < 4.78 is 23.9. The quantitative estimate of drug-likeness (QED) is 0.784. The van der Waals surface area contributed by atoms with Gasteiger partial charge in [0.15, 0.2) is 5.83 Å². The molecule has 1 amide bonds. The van der Waals surface area contributed by atoms with Gasteiger partial charge in [-0.25, -0.2) is 4.39 Å². The highest BCUT2D eigenvalue weighted by molar-refractivity contribution is 5.90. The van der Waals surface area contributed by atoms with E-state index < -0.39 is 11.7 Å². The Hall–Kier alpha value is -1.88. The molecule has 1 aliphatic heterocycles. The summed E-state index contributed by atoms with van der Waals surface area (Å²) in [6.07, 6.45) is 1.48. The van der Waals surface area contributed by atoms with E-state index in [1.54, 1.807) is 7.11 Å². The number of hydrogen-bond donors (Lipinski definition) is 0. The van der Waals surface area contributed by atoms with Crippen molar-refractivity contribution in [2.45, 2.75) is 25.6 Å². The summed E-state index contributed by atoms with van der Waals surface area (Å²) in [5.74, 6) is -0.708. The monoisotopic (exact) mass is 293 g/mol. The van der Waals surface area contributed by atoms with E-state index in [0.717, 1.165) is 11.3 Å². The molecule has 21 heavy (non-hydrogen) atoms. The molecule has 1 heterocycles. The first kappa shape index (κ1) is 15.5. The lowest BCUT2D eigenvalue weighted by Crippen LogP contribution is -2.40. The fraction of sp³-hybridized carbons (Fsp3) is 0.438. The van der Waals surface area contributed by atoms with Crippen LogP contribution in [-0.2, 0) is 16.1 Å². The van der Waals surface area contributed by atoms with E-state index in [0.29, 0.717) is 32.5 Å². The third kappa shape index (κ3) is 4.04. The molecule has 0 unspecified atom stereocenters. The number of methoxy groups -OCH3 is 1. The zero-order valence-corrected chi connectivity index (χ0v) is 12.2. The second-order valence-corrected chi connectivity index (χ2v) is 5.02. The van der Waals surface area contributed by atoms with Gasteiger partial charge in [0.05, 0.1) is 19.8 Å². The number of piperidine rings is 1. The lowest BCUT2D eigenvalue weighted by Gasteiger charge is -2.31. The smallest absolute Gasteiger partial charge is 0.281 e. The normalized spacial score (nSPS) is 15.8. The number of halogens is 1. The van der Waals surface area contributed by atoms with Crippen molar-refractivity contribution in [2.75, 3.05) is 20.2 Å². The van der Waals surface area contributed by atoms with Crippen molar-refractivity contribution in [2.24, 2.45) is 0 Å². The van der Waals surface area contributed by atoms with E-state index in [2.05, 4.69) is 6.58 Å². The molecule has 2 rings (SSSR count). The molecule has 0 spiro atoms. The minimum absolute atomic E-state index is 0.0758. The third-order valence-electron chi connectivity index (χ3n) is 3.63. The summed E-state index contributed by atoms with van der Waals surface area (Å²) in [5, 5.41) is 0. The molecule has 1 aromatic rings. The predicted octanol–water partition coefficient (Wildman–Crippen LogP) is 2.69. The minimum atomic E-state index is -0.900. The van der Waals surface area contributed by atoms with Crippen molar-refractivity contribution in [1.82, 2.24) is 4.90 Å². The van der Waals surface area contributed by atoms with Crippen molar-refractivity contribution in [3.8, 4) is 5.75 Å². The Kier molecular flexibility index (Phi) is 5.33. The molecule has 1 saturated heterocycles. The van der Waals surface area contributed by atoms with Crippen LogP contribution < -0.4 is 4.74 Å². The average molecular weight is 293 g/mol. The molecule has 0 aromatic heterocycles. The lowest BCUT2D eigenvalue weighted by atomic mass is 10.1. The van der Waals surface area contributed by atoms with Crippen LogP contribution in [-0.4, -0.2) is 37.1 Å². The first-order valence-electron chi connectivity index (χ1n) is 6.99. The summed E-state index contributed by atoms with van der Waals surface area (Å²) in [6.45, 7) is 4.51. The highest BCUT2D eigenvalue weighted by Gasteiger charge is 2.24. The Balaban J connectivity index is 1.81. The highest BCUT2D eigenvalue weighted by atomic mass is 19.1. The van der Waals surface area contributed by atoms with Crippen LogP contribution in [0.15, 0.2) is 36.7 Å². The second kappa shape index (κ2) is 7.22. The zero-order valence-electron chi connectivity index (χ0n) is 12.2. The van der Waals surface area contributed by atoms with Crippen LogP contribution in [0.3, 0.4) is 0 Å². The molecule has 4 nitrogen and oxygen atoms in total. The van der Waals surface area contributed by atoms with Crippen molar-refractivity contribution in [3.63, 3.8) is 0 Å². The molecule has 0 saturated carbocycles. The topological polar surface area (TPSA) is 38.8 Å². The average Bonchev–Trinajstić information content (AvgIpc) is 2.52. The fourth-order valence-corrected chi connectivity index (χ4v) is 2.43. The van der Waals surface area contributed by atoms with Crippen LogP contribution in [0.4, 0.5) is 4.39 Å². The first-order chi connectivity index (χ1) is 10.1. The van der Waals surface area contributed by atoms with E-state index in [1.165, 1.54) is 4.90 Å². The van der Waals surface area contributed by atoms with Crippen molar-refractivity contribution in [1.29, 1.82) is 0 Å². The van der Waals surface area contributed by atoms with Crippen LogP contribution in [0.5, 0.6) is 5.75 Å². The Labute approximate surface area is 124 Å². The molecule has 114 valence electrons. The Bertz CT molecular complexity index is 510. The van der Waals surface area contributed by atoms with Crippen LogP contribution in [0, 0.1) is 0 Å². The standard InChI is InChI=1S/C16H20FNO3/c1-12(17)16(19)18-9-7-14(8-10-18)21-11-13-5-3-4-6-15(13)20-2/h3-6,14H,1,7-11H2,2H3. The van der Waals surface area contributed by atoms with Gasteiger partial charge in [0.1, 0.15) is 5.75 Å². The molecule has 1 fully saturated rings. The maximum absolute atomic E-state index is 12.8. The number of rotatable bonds is 5. The largest absolute Gasteiger partial charge is 0.496 e. The second-order valence-electron chi connectivity index (χ2n) is 5.02. The number of hydrogen-bond acceptors (Lipinski definition) is 3. The lowest BCUT2D eigenvalue weighted by molar-refractivity contribution is -0.131. The van der Waals surface area contributed by atoms with Crippen molar-refractivity contribution < 1.29 is 18.7 Å². The summed E-state index contributed by atoms with van der Waals surface area (Å²) in [4.78, 5) is 12.9. The summed E-state index contributed by atoms with van der Waals surface area (Å²) in [7, 11) is 1.63. The fourth-order valence-electron chi connectivity index (χ4n) is 2.43. The maximum atomic E-state index is 12.8. The third-order valence-corrected chi connectivity index (χ3v) is 3.63. The van der Waals surface area contributed by atoms with E-state index in [1.807, 2.05) is 24.3 Å². The zero-order chi connectivity index (χ0) is 15.2. The van der Waals surface area contributed by atoms with E-state index in [4.69, 9.17) is 9.47 Å². The summed E-state index contributed by atoms with van der Waals surface area (Å²) in [6, 6.07) is 7.71. The Morgan fingerprint density at radius 1 is 1.38 bits per heavy atom. The Morgan fingerprint density at radius 3 is 2.67 bits per heavy atom. The SMILES string of the molecule is C=C(F)C(=O)N1CCC(OCc2ccccc2OC)CC1. The van der Waals surface area contributed by atoms with Crippen LogP contribution in [0.1, 0.15) is 18.4 Å². The molecular weight excluding hydrogens is 273 g/mol. The van der Waals surface area contributed by atoms with Gasteiger partial charge in [-0.1, -0.05) is 24.8 Å². The van der Waals surface area contributed by atoms with Gasteiger partial charge in [-0.3, -0.25) is 4.79 Å². The summed E-state index contributed by atoms with van der Waals surface area (Å²) >= 11 is 0. The van der Waals surface area contributed by atoms with Gasteiger partial charge in [0, 0.05) is 18.7 Å². The van der Waals surface area contributed by atoms with Gasteiger partial charge in [-0.15, -0.1) is 0 Å². The predicted molar refractivity (Wildman–Crippen MR) is 77.6 cm³/mol. The van der Waals surface area contributed by atoms with Gasteiger partial charge in [0.2, 0.25) is 0 Å². The number of carbonyl (C=O) groups is 1. The van der Waals surface area contributed by atoms with Gasteiger partial charge in [-0.2, -0.15) is 0 Å². The summed E-state index contributed by atoms with van der Waals surface area (Å²) in [5.41, 5.74) is 0.996. The number of nitrogens with zero attached hydrogens (tertiary/aromatic N) is 1. The number of ether oxygens (including phenoxy) is 2. The van der Waals surface area contributed by atoms with Crippen LogP contribution in [0.2, 0.25) is 0 Å². The molecule has 0 radical (unpaired) electrons. The molecule has 0 atom stereocenters. The van der Waals surface area contributed by atoms with Gasteiger partial charge in [0.25, 0.3) is 5.91 Å². The van der Waals surface area contributed by atoms with E-state index in [9.17, 15) is 9.18 Å². The molecule has 0 bridgehead atoms. The molecule has 0 N–H and O–H groups in total. The number of benzene rings is 1. The first-order valence-corrected chi connectivity index (χ1v) is 6.99. The number of likely N-dealkylation sites (tertiary alicyclic amines) is 1. The molecule has 1 aliphatic rings. The highest BCUT2D eigenvalue weighted by Crippen LogP contribution is 2.21. The molecule has 1 aromatic carbocycles. The van der Waals surface area contributed by atoms with E-state index >= 15 is 0 Å². The Morgan fingerprint density at radius 2 is 2.05 bits per heavy atom. The van der Waals surface area contributed by atoms with Crippen LogP contribution in [0.25, 0.3) is 0 Å². The number of carbonyl (C=O) groups excluding carboxylic acids is 1. The molecular formula is C16H20FNO3. The van der Waals surface area contributed by atoms with E-state index in [-0.39, 0.29) is 6.10 Å². The van der Waals surface area contributed by atoms with Crippen molar-refractivity contribution >= 4 is 5.91 Å². The minimum Gasteiger partial charge on any atom is -0.496 e. The van der Waals surface area contributed by atoms with Crippen LogP contribution >= 0.6 is 0 Å². The van der Waals surface area contributed by atoms with Gasteiger partial charge in [-0.05, 0) is 18.9 Å². The molecule has 5 heteroatoms. The number of amides is 1. The van der Waals surface area contributed by atoms with Crippen molar-refractivity contribution in [3.05, 3.63) is 42.2 Å². The molecule has 0 aliphatic carbocycles.